The Morgan fingerprint density at radius 3 is 2.28 bits per heavy atom. The quantitative estimate of drug-likeness (QED) is 0.307. The van der Waals surface area contributed by atoms with Gasteiger partial charge in [0.2, 0.25) is 5.88 Å². The Morgan fingerprint density at radius 1 is 1.17 bits per heavy atom. The van der Waals surface area contributed by atoms with Crippen LogP contribution >= 0.6 is 0 Å². The van der Waals surface area contributed by atoms with Gasteiger partial charge in [0.05, 0.1) is 10.5 Å². The van der Waals surface area contributed by atoms with Crippen molar-refractivity contribution in [3.8, 4) is 17.0 Å². The molecule has 0 aliphatic heterocycles. The molecule has 1 heterocycles. The van der Waals surface area contributed by atoms with Gasteiger partial charge in [0, 0.05) is 23.9 Å². The van der Waals surface area contributed by atoms with Gasteiger partial charge in [-0.1, -0.05) is 12.1 Å². The third kappa shape index (κ3) is 5.04. The van der Waals surface area contributed by atoms with E-state index in [9.17, 15) is 36.5 Å². The average molecular weight is 436 g/mol. The van der Waals surface area contributed by atoms with Crippen molar-refractivity contribution in [2.24, 2.45) is 0 Å². The molecule has 0 aliphatic carbocycles. The maximum absolute atomic E-state index is 12.7. The minimum Gasteiger partial charge on any atom is -0.443 e. The molecule has 0 saturated heterocycles. The molecule has 0 atom stereocenters. The number of carbonyl (C=O) groups is 1. The van der Waals surface area contributed by atoms with Crippen molar-refractivity contribution in [3.05, 3.63) is 46.6 Å². The topological polar surface area (TPSA) is 118 Å². The van der Waals surface area contributed by atoms with E-state index in [2.05, 4.69) is 4.18 Å². The van der Waals surface area contributed by atoms with Crippen LogP contribution in [0.25, 0.3) is 11.1 Å². The number of halogens is 3. The minimum atomic E-state index is -6.11. The van der Waals surface area contributed by atoms with Gasteiger partial charge in [-0.25, -0.2) is 9.36 Å². The molecule has 0 radical (unpaired) electrons. The Balaban J connectivity index is 2.63. The molecule has 2 aromatic rings. The Bertz CT molecular complexity index is 1050. The second-order valence-corrected chi connectivity index (χ2v) is 8.21. The fourth-order valence-corrected chi connectivity index (χ4v) is 2.59. The number of aromatic nitrogens is 1. The number of hydrogen-bond acceptors (Lipinski definition) is 7. The van der Waals surface area contributed by atoms with Gasteiger partial charge in [-0.2, -0.15) is 21.6 Å². The van der Waals surface area contributed by atoms with Gasteiger partial charge in [-0.05, 0) is 26.8 Å². The molecular weight excluding hydrogens is 421 g/mol. The van der Waals surface area contributed by atoms with E-state index in [1.165, 1.54) is 39.0 Å². The van der Waals surface area contributed by atoms with Crippen molar-refractivity contribution in [2.75, 3.05) is 0 Å². The van der Waals surface area contributed by atoms with E-state index >= 15 is 0 Å². The number of rotatable bonds is 4. The minimum absolute atomic E-state index is 0.0749. The van der Waals surface area contributed by atoms with Crippen LogP contribution in [0.1, 0.15) is 20.8 Å². The van der Waals surface area contributed by atoms with Crippen LogP contribution in [0.2, 0.25) is 0 Å². The van der Waals surface area contributed by atoms with E-state index in [0.29, 0.717) is 4.57 Å². The van der Waals surface area contributed by atoms with Gasteiger partial charge in [0.1, 0.15) is 5.60 Å². The highest BCUT2D eigenvalue weighted by Gasteiger charge is 2.49. The molecule has 0 N–H and O–H groups in total. The predicted octanol–water partition coefficient (Wildman–Crippen LogP) is 4.07. The zero-order valence-electron chi connectivity index (χ0n) is 15.3. The molecule has 0 aliphatic rings. The maximum atomic E-state index is 12.7. The van der Waals surface area contributed by atoms with Crippen LogP contribution in [0.15, 0.2) is 36.5 Å². The lowest BCUT2D eigenvalue weighted by Crippen LogP contribution is -2.31. The number of nitro benzene ring substituents is 1. The predicted molar refractivity (Wildman–Crippen MR) is 93.8 cm³/mol. The van der Waals surface area contributed by atoms with Crippen molar-refractivity contribution < 1.29 is 40.2 Å². The number of alkyl halides is 3. The molecule has 29 heavy (non-hydrogen) atoms. The summed E-state index contributed by atoms with van der Waals surface area (Å²) in [5, 5.41) is 11.2. The van der Waals surface area contributed by atoms with Crippen molar-refractivity contribution in [2.45, 2.75) is 31.9 Å². The third-order valence-corrected chi connectivity index (χ3v) is 4.22. The Kier molecular flexibility index (Phi) is 5.65. The van der Waals surface area contributed by atoms with E-state index in [-0.39, 0.29) is 11.1 Å². The molecular formula is C16H15F3N2O7S. The number of nitro groups is 1. The molecule has 9 nitrogen and oxygen atoms in total. The molecule has 1 aromatic heterocycles. The second kappa shape index (κ2) is 7.39. The summed E-state index contributed by atoms with van der Waals surface area (Å²) in [6.07, 6.45) is -0.354. The van der Waals surface area contributed by atoms with Crippen molar-refractivity contribution in [3.63, 3.8) is 0 Å². The van der Waals surface area contributed by atoms with Crippen LogP contribution in [0.3, 0.4) is 0 Å². The van der Waals surface area contributed by atoms with Gasteiger partial charge >= 0.3 is 21.7 Å². The van der Waals surface area contributed by atoms with E-state index in [1.54, 1.807) is 0 Å². The molecule has 13 heteroatoms. The highest BCUT2D eigenvalue weighted by molar-refractivity contribution is 7.87. The second-order valence-electron chi connectivity index (χ2n) is 6.67. The molecule has 1 aromatic carbocycles. The summed E-state index contributed by atoms with van der Waals surface area (Å²) in [7, 11) is -6.11. The first kappa shape index (κ1) is 22.2. The summed E-state index contributed by atoms with van der Waals surface area (Å²) in [5.41, 5.74) is -7.45. The van der Waals surface area contributed by atoms with Gasteiger partial charge < -0.3 is 8.92 Å². The normalized spacial score (nSPS) is 12.5. The molecule has 0 saturated carbocycles. The zero-order chi connectivity index (χ0) is 22.2. The van der Waals surface area contributed by atoms with Crippen LogP contribution in [0, 0.1) is 10.1 Å². The van der Waals surface area contributed by atoms with Crippen LogP contribution in [-0.2, 0) is 14.9 Å². The first-order chi connectivity index (χ1) is 13.1. The van der Waals surface area contributed by atoms with Gasteiger partial charge in [-0.3, -0.25) is 10.1 Å². The molecule has 0 fully saturated rings. The summed E-state index contributed by atoms with van der Waals surface area (Å²) < 4.78 is 70.3. The molecule has 0 spiro atoms. The first-order valence-electron chi connectivity index (χ1n) is 7.83. The number of carbonyl (C=O) groups excluding carboxylic acids is 1. The lowest BCUT2D eigenvalue weighted by Gasteiger charge is -2.20. The monoisotopic (exact) mass is 436 g/mol. The standard InChI is InChI=1S/C16H15F3N2O7S/c1-15(2,3)27-14(22)20-9-10(11-6-4-5-7-12(11)21(23)24)8-13(20)28-29(25,26)16(17,18)19/h4-9H,1-3H3. The summed E-state index contributed by atoms with van der Waals surface area (Å²) in [6, 6.07) is 5.94. The molecule has 0 unspecified atom stereocenters. The molecule has 2 rings (SSSR count). The van der Waals surface area contributed by atoms with Crippen LogP contribution in [0.5, 0.6) is 5.88 Å². The highest BCUT2D eigenvalue weighted by atomic mass is 32.2. The molecule has 0 amide bonds. The van der Waals surface area contributed by atoms with E-state index in [1.807, 2.05) is 0 Å². The van der Waals surface area contributed by atoms with Crippen LogP contribution in [0.4, 0.5) is 23.7 Å². The SMILES string of the molecule is CC(C)(C)OC(=O)n1cc(-c2ccccc2[N+](=O)[O-])cc1OS(=O)(=O)C(F)(F)F. The summed E-state index contributed by atoms with van der Waals surface area (Å²) in [5.74, 6) is -1.04. The highest BCUT2D eigenvalue weighted by Crippen LogP contribution is 2.35. The lowest BCUT2D eigenvalue weighted by atomic mass is 10.1. The van der Waals surface area contributed by atoms with Crippen molar-refractivity contribution in [1.29, 1.82) is 0 Å². The van der Waals surface area contributed by atoms with Gasteiger partial charge in [0.15, 0.2) is 0 Å². The Hall–Kier alpha value is -3.09. The average Bonchev–Trinajstić information content (AvgIpc) is 2.95. The largest absolute Gasteiger partial charge is 0.534 e. The fourth-order valence-electron chi connectivity index (χ4n) is 2.14. The van der Waals surface area contributed by atoms with Gasteiger partial charge in [-0.15, -0.1) is 0 Å². The number of benzene rings is 1. The number of hydrogen-bond donors (Lipinski definition) is 0. The van der Waals surface area contributed by atoms with E-state index in [4.69, 9.17) is 4.74 Å². The van der Waals surface area contributed by atoms with Crippen LogP contribution < -0.4 is 4.18 Å². The molecule has 0 bridgehead atoms. The smallest absolute Gasteiger partial charge is 0.443 e. The third-order valence-electron chi connectivity index (χ3n) is 3.27. The number of ether oxygens (including phenoxy) is 1. The Morgan fingerprint density at radius 2 is 1.76 bits per heavy atom. The maximum Gasteiger partial charge on any atom is 0.534 e. The fraction of sp³-hybridized carbons (Fsp3) is 0.312. The lowest BCUT2D eigenvalue weighted by molar-refractivity contribution is -0.384. The number of nitrogens with zero attached hydrogens (tertiary/aromatic N) is 2. The van der Waals surface area contributed by atoms with Crippen molar-refractivity contribution >= 4 is 21.9 Å². The van der Waals surface area contributed by atoms with Crippen LogP contribution in [-0.4, -0.2) is 35.1 Å². The summed E-state index contributed by atoms with van der Waals surface area (Å²) in [4.78, 5) is 22.8. The summed E-state index contributed by atoms with van der Waals surface area (Å²) in [6.45, 7) is 4.43. The molecule has 158 valence electrons. The number of para-hydroxylation sites is 1. The summed E-state index contributed by atoms with van der Waals surface area (Å²) >= 11 is 0. The van der Waals surface area contributed by atoms with E-state index < -0.39 is 43.8 Å². The van der Waals surface area contributed by atoms with Crippen molar-refractivity contribution in [1.82, 2.24) is 4.57 Å². The first-order valence-corrected chi connectivity index (χ1v) is 9.23. The van der Waals surface area contributed by atoms with E-state index in [0.717, 1.165) is 18.3 Å². The van der Waals surface area contributed by atoms with Gasteiger partial charge in [0.25, 0.3) is 5.69 Å². The Labute approximate surface area is 162 Å². The zero-order valence-corrected chi connectivity index (χ0v) is 16.1.